The Bertz CT molecular complexity index is 1740. The van der Waals surface area contributed by atoms with Gasteiger partial charge in [-0.2, -0.15) is 0 Å². The lowest BCUT2D eigenvalue weighted by Gasteiger charge is -2.24. The molecule has 6 rings (SSSR count). The number of Topliss-reactive ketones (excluding diaryl/α,β-unsaturated/α-hetero) is 1. The molecule has 0 bridgehead atoms. The Labute approximate surface area is 248 Å². The van der Waals surface area contributed by atoms with E-state index in [2.05, 4.69) is 0 Å². The maximum absolute atomic E-state index is 13.8. The van der Waals surface area contributed by atoms with Crippen LogP contribution >= 0.6 is 11.3 Å². The van der Waals surface area contributed by atoms with E-state index in [0.29, 0.717) is 47.4 Å². The number of carbonyl (C=O) groups is 2. The van der Waals surface area contributed by atoms with Crippen molar-refractivity contribution in [3.8, 4) is 17.2 Å². The van der Waals surface area contributed by atoms with Crippen LogP contribution in [0.1, 0.15) is 55.5 Å². The molecule has 1 saturated heterocycles. The topological polar surface area (TPSA) is 98.2 Å². The smallest absolute Gasteiger partial charge is 0.301 e. The molecule has 2 atom stereocenters. The monoisotopic (exact) mass is 584 g/mol. The molecule has 3 aromatic carbocycles. The van der Waals surface area contributed by atoms with Crippen LogP contribution in [0, 0.1) is 6.92 Å². The summed E-state index contributed by atoms with van der Waals surface area (Å²) in [4.78, 5) is 33.6. The van der Waals surface area contributed by atoms with Gasteiger partial charge in [-0.3, -0.25) is 14.5 Å². The number of fused-ring (bicyclic) bond motifs is 2. The van der Waals surface area contributed by atoms with Crippen molar-refractivity contribution in [3.63, 3.8) is 0 Å². The lowest BCUT2D eigenvalue weighted by Crippen LogP contribution is -2.29. The minimum atomic E-state index is -0.936. The van der Waals surface area contributed by atoms with Crippen molar-refractivity contribution in [1.82, 2.24) is 4.98 Å². The third kappa shape index (κ3) is 4.87. The minimum Gasteiger partial charge on any atom is -0.507 e. The van der Waals surface area contributed by atoms with Gasteiger partial charge >= 0.3 is 5.91 Å². The van der Waals surface area contributed by atoms with Crippen molar-refractivity contribution in [3.05, 3.63) is 82.4 Å². The van der Waals surface area contributed by atoms with Crippen LogP contribution in [0.25, 0.3) is 16.0 Å². The standard InChI is InChI=1S/C33H32N2O6S/c1-5-13-40-25-12-8-20(17-26(25)39-6-2)29-28(30(36)21-9-11-24-22(16-21)15-19(4)41-24)31(37)32(38)35(29)33-34-23-10-7-18(3)14-27(23)42-33/h7-12,14,16-17,19,29,36H,5-6,13,15H2,1-4H3/t19-,29+/m1/s1. The fourth-order valence-corrected chi connectivity index (χ4v) is 6.58. The number of aliphatic hydroxyl groups excluding tert-OH is 1. The molecule has 4 aromatic rings. The summed E-state index contributed by atoms with van der Waals surface area (Å²) >= 11 is 1.33. The first-order chi connectivity index (χ1) is 20.3. The molecule has 9 heteroatoms. The van der Waals surface area contributed by atoms with Crippen LogP contribution in [-0.2, 0) is 16.0 Å². The highest BCUT2D eigenvalue weighted by atomic mass is 32.1. The summed E-state index contributed by atoms with van der Waals surface area (Å²) in [5.74, 6) is 0.0524. The number of rotatable bonds is 8. The van der Waals surface area contributed by atoms with E-state index in [1.165, 1.54) is 16.2 Å². The molecule has 42 heavy (non-hydrogen) atoms. The van der Waals surface area contributed by atoms with Crippen molar-refractivity contribution < 1.29 is 28.9 Å². The molecule has 1 N–H and O–H groups in total. The second-order valence-electron chi connectivity index (χ2n) is 10.6. The normalized spacial score (nSPS) is 19.3. The summed E-state index contributed by atoms with van der Waals surface area (Å²) in [7, 11) is 0. The molecular formula is C33H32N2O6S. The number of aliphatic hydroxyl groups is 1. The van der Waals surface area contributed by atoms with E-state index < -0.39 is 17.7 Å². The molecule has 216 valence electrons. The number of benzene rings is 3. The predicted molar refractivity (Wildman–Crippen MR) is 163 cm³/mol. The summed E-state index contributed by atoms with van der Waals surface area (Å²) in [6, 6.07) is 15.6. The average molecular weight is 585 g/mol. The van der Waals surface area contributed by atoms with Gasteiger partial charge in [0.2, 0.25) is 0 Å². The predicted octanol–water partition coefficient (Wildman–Crippen LogP) is 6.74. The Morgan fingerprint density at radius 2 is 1.90 bits per heavy atom. The van der Waals surface area contributed by atoms with E-state index in [4.69, 9.17) is 19.2 Å². The number of ether oxygens (including phenoxy) is 3. The number of ketones is 1. The van der Waals surface area contributed by atoms with Crippen molar-refractivity contribution in [2.24, 2.45) is 0 Å². The zero-order valence-electron chi connectivity index (χ0n) is 24.0. The molecule has 1 aromatic heterocycles. The van der Waals surface area contributed by atoms with E-state index in [1.54, 1.807) is 30.3 Å². The highest BCUT2D eigenvalue weighted by Gasteiger charge is 2.48. The van der Waals surface area contributed by atoms with Gasteiger partial charge in [-0.15, -0.1) is 0 Å². The zero-order chi connectivity index (χ0) is 29.5. The Morgan fingerprint density at radius 1 is 1.07 bits per heavy atom. The zero-order valence-corrected chi connectivity index (χ0v) is 24.8. The van der Waals surface area contributed by atoms with Crippen LogP contribution in [-0.4, -0.2) is 41.1 Å². The quantitative estimate of drug-likeness (QED) is 0.139. The molecule has 0 aliphatic carbocycles. The molecule has 8 nitrogen and oxygen atoms in total. The van der Waals surface area contributed by atoms with Gasteiger partial charge in [-0.05, 0) is 86.3 Å². The number of thiazole rings is 1. The van der Waals surface area contributed by atoms with Gasteiger partial charge in [0.1, 0.15) is 17.6 Å². The molecule has 0 unspecified atom stereocenters. The van der Waals surface area contributed by atoms with Gasteiger partial charge in [0, 0.05) is 12.0 Å². The first-order valence-electron chi connectivity index (χ1n) is 14.2. The van der Waals surface area contributed by atoms with E-state index in [1.807, 2.05) is 52.0 Å². The van der Waals surface area contributed by atoms with E-state index in [-0.39, 0.29) is 17.4 Å². The minimum absolute atomic E-state index is 0.00738. The molecule has 0 spiro atoms. The van der Waals surface area contributed by atoms with E-state index in [0.717, 1.165) is 33.5 Å². The van der Waals surface area contributed by atoms with E-state index in [9.17, 15) is 14.7 Å². The molecule has 2 aliphatic rings. The number of amides is 1. The lowest BCUT2D eigenvalue weighted by molar-refractivity contribution is -0.132. The van der Waals surface area contributed by atoms with Gasteiger partial charge in [0.05, 0.1) is 35.0 Å². The highest BCUT2D eigenvalue weighted by Crippen LogP contribution is 2.46. The van der Waals surface area contributed by atoms with Gasteiger partial charge in [-0.1, -0.05) is 30.4 Å². The lowest BCUT2D eigenvalue weighted by atomic mass is 9.94. The summed E-state index contributed by atoms with van der Waals surface area (Å²) < 4.78 is 18.5. The number of anilines is 1. The Morgan fingerprint density at radius 3 is 2.69 bits per heavy atom. The van der Waals surface area contributed by atoms with Crippen molar-refractivity contribution >= 4 is 44.1 Å². The molecule has 2 aliphatic heterocycles. The SMILES string of the molecule is CCCOc1ccc([C@H]2C(=C(O)c3ccc4c(c3)C[C@@H](C)O4)C(=O)C(=O)N2c2nc3ccc(C)cc3s2)cc1OCC. The Balaban J connectivity index is 1.53. The molecule has 3 heterocycles. The van der Waals surface area contributed by atoms with Crippen molar-refractivity contribution in [2.45, 2.75) is 52.7 Å². The molecular weight excluding hydrogens is 552 g/mol. The van der Waals surface area contributed by atoms with Crippen LogP contribution in [0.2, 0.25) is 0 Å². The van der Waals surface area contributed by atoms with Crippen molar-refractivity contribution in [2.75, 3.05) is 18.1 Å². The highest BCUT2D eigenvalue weighted by molar-refractivity contribution is 7.22. The van der Waals surface area contributed by atoms with Crippen LogP contribution in [0.5, 0.6) is 17.2 Å². The van der Waals surface area contributed by atoms with E-state index >= 15 is 0 Å². The number of hydrogen-bond acceptors (Lipinski definition) is 8. The number of carbonyl (C=O) groups excluding carboxylic acids is 2. The summed E-state index contributed by atoms with van der Waals surface area (Å²) in [5, 5.41) is 12.1. The maximum atomic E-state index is 13.8. The molecule has 1 amide bonds. The number of aryl methyl sites for hydroxylation is 1. The van der Waals surface area contributed by atoms with Crippen LogP contribution in [0.4, 0.5) is 5.13 Å². The van der Waals surface area contributed by atoms with Gasteiger partial charge in [0.25, 0.3) is 5.78 Å². The number of nitrogens with zero attached hydrogens (tertiary/aromatic N) is 2. The largest absolute Gasteiger partial charge is 0.507 e. The molecule has 1 fully saturated rings. The van der Waals surface area contributed by atoms with Gasteiger partial charge in [-0.25, -0.2) is 4.98 Å². The molecule has 0 saturated carbocycles. The Hall–Kier alpha value is -4.37. The maximum Gasteiger partial charge on any atom is 0.301 e. The van der Waals surface area contributed by atoms with Crippen LogP contribution in [0.15, 0.2) is 60.2 Å². The third-order valence-corrected chi connectivity index (χ3v) is 8.42. The third-order valence-electron chi connectivity index (χ3n) is 7.40. The summed E-state index contributed by atoms with van der Waals surface area (Å²) in [6.07, 6.45) is 1.54. The molecule has 0 radical (unpaired) electrons. The second-order valence-corrected chi connectivity index (χ2v) is 11.6. The van der Waals surface area contributed by atoms with Gasteiger partial charge in [0.15, 0.2) is 16.6 Å². The van der Waals surface area contributed by atoms with Crippen LogP contribution in [0.3, 0.4) is 0 Å². The fourth-order valence-electron chi connectivity index (χ4n) is 5.49. The van der Waals surface area contributed by atoms with Crippen molar-refractivity contribution in [1.29, 1.82) is 0 Å². The fraction of sp³-hybridized carbons (Fsp3) is 0.303. The first kappa shape index (κ1) is 27.8. The summed E-state index contributed by atoms with van der Waals surface area (Å²) in [6.45, 7) is 8.79. The van der Waals surface area contributed by atoms with Crippen LogP contribution < -0.4 is 19.1 Å². The number of hydrogen-bond donors (Lipinski definition) is 1. The second kappa shape index (κ2) is 11.1. The Kier molecular flexibility index (Phi) is 7.36. The van der Waals surface area contributed by atoms with Gasteiger partial charge < -0.3 is 19.3 Å². The number of aromatic nitrogens is 1. The first-order valence-corrected chi connectivity index (χ1v) is 15.0. The average Bonchev–Trinajstić information content (AvgIpc) is 3.63. The summed E-state index contributed by atoms with van der Waals surface area (Å²) in [5.41, 5.74) is 3.77.